The number of hydrogen-bond donors (Lipinski definition) is 1. The molecule has 0 unspecified atom stereocenters. The molecule has 0 amide bonds. The van der Waals surface area contributed by atoms with E-state index < -0.39 is 11.9 Å². The maximum Gasteiger partial charge on any atom is 0.330 e. The molecule has 1 aromatic carbocycles. The van der Waals surface area contributed by atoms with Crippen LogP contribution in [-0.4, -0.2) is 40.3 Å². The highest BCUT2D eigenvalue weighted by Crippen LogP contribution is 2.21. The minimum atomic E-state index is -0.475. The van der Waals surface area contributed by atoms with E-state index in [-0.39, 0.29) is 11.7 Å². The third-order valence-electron chi connectivity index (χ3n) is 4.18. The van der Waals surface area contributed by atoms with Crippen LogP contribution in [0, 0.1) is 6.92 Å². The van der Waals surface area contributed by atoms with Crippen LogP contribution in [0.3, 0.4) is 0 Å². The molecule has 0 saturated carbocycles. The summed E-state index contributed by atoms with van der Waals surface area (Å²) in [4.78, 5) is 28.4. The van der Waals surface area contributed by atoms with Gasteiger partial charge in [-0.1, -0.05) is 30.3 Å². The quantitative estimate of drug-likeness (QED) is 0.691. The van der Waals surface area contributed by atoms with E-state index >= 15 is 0 Å². The molecule has 1 fully saturated rings. The smallest absolute Gasteiger partial charge is 0.330 e. The van der Waals surface area contributed by atoms with E-state index in [1.54, 1.807) is 13.1 Å². The fourth-order valence-electron chi connectivity index (χ4n) is 2.98. The Balaban J connectivity index is 1.84. The molecule has 3 rings (SSSR count). The summed E-state index contributed by atoms with van der Waals surface area (Å²) in [5.41, 5.74) is 0.842. The molecule has 8 heteroatoms. The highest BCUT2D eigenvalue weighted by atomic mass is 127. The minimum Gasteiger partial charge on any atom is -0.349 e. The summed E-state index contributed by atoms with van der Waals surface area (Å²) in [5, 5.41) is 0. The standard InChI is InChI=1S/C17H20IN3O4/c1-12-7-21(17(23)19-16(12)22)15-10-20(9-14(25-15)11-24-18)8-13-5-3-2-4-6-13/h2-7,14-15H,8-11H2,1H3,(H,19,22,23)/t14-,15+/m0/s1. The van der Waals surface area contributed by atoms with Gasteiger partial charge in [-0.3, -0.25) is 19.2 Å². The number of aromatic nitrogens is 2. The molecule has 1 saturated heterocycles. The zero-order valence-electron chi connectivity index (χ0n) is 13.9. The zero-order valence-corrected chi connectivity index (χ0v) is 16.0. The van der Waals surface area contributed by atoms with Crippen molar-refractivity contribution in [1.82, 2.24) is 14.5 Å². The van der Waals surface area contributed by atoms with E-state index in [1.807, 2.05) is 41.2 Å². The maximum absolute atomic E-state index is 12.2. The molecule has 1 aliphatic rings. The van der Waals surface area contributed by atoms with Crippen LogP contribution < -0.4 is 11.2 Å². The number of nitrogens with one attached hydrogen (secondary N) is 1. The third-order valence-corrected chi connectivity index (χ3v) is 4.54. The average molecular weight is 457 g/mol. The lowest BCUT2D eigenvalue weighted by Crippen LogP contribution is -2.49. The second-order valence-corrected chi connectivity index (χ2v) is 6.77. The Morgan fingerprint density at radius 2 is 2.04 bits per heavy atom. The summed E-state index contributed by atoms with van der Waals surface area (Å²) in [7, 11) is 0. The predicted octanol–water partition coefficient (Wildman–Crippen LogP) is 1.61. The zero-order chi connectivity index (χ0) is 17.8. The van der Waals surface area contributed by atoms with Crippen LogP contribution in [0.2, 0.25) is 0 Å². The van der Waals surface area contributed by atoms with Gasteiger partial charge in [-0.25, -0.2) is 4.79 Å². The number of aromatic amines is 1. The first-order valence-corrected chi connectivity index (χ1v) is 8.92. The first-order chi connectivity index (χ1) is 12.1. The summed E-state index contributed by atoms with van der Waals surface area (Å²) in [5.74, 6) is 0. The summed E-state index contributed by atoms with van der Waals surface area (Å²) in [6.45, 7) is 4.13. The Hall–Kier alpha value is -1.49. The van der Waals surface area contributed by atoms with Gasteiger partial charge in [0, 0.05) is 31.4 Å². The summed E-state index contributed by atoms with van der Waals surface area (Å²) >= 11 is 1.84. The van der Waals surface area contributed by atoms with Gasteiger partial charge in [0.1, 0.15) is 23.0 Å². The highest BCUT2D eigenvalue weighted by Gasteiger charge is 2.30. The molecule has 0 radical (unpaired) electrons. The second-order valence-electron chi connectivity index (χ2n) is 6.15. The van der Waals surface area contributed by atoms with E-state index in [9.17, 15) is 9.59 Å². The van der Waals surface area contributed by atoms with E-state index in [0.29, 0.717) is 25.3 Å². The van der Waals surface area contributed by atoms with Gasteiger partial charge in [0.05, 0.1) is 12.7 Å². The van der Waals surface area contributed by atoms with Gasteiger partial charge >= 0.3 is 5.69 Å². The first kappa shape index (κ1) is 18.3. The predicted molar refractivity (Wildman–Crippen MR) is 102 cm³/mol. The van der Waals surface area contributed by atoms with Crippen molar-refractivity contribution in [1.29, 1.82) is 0 Å². The van der Waals surface area contributed by atoms with E-state index in [1.165, 1.54) is 10.1 Å². The number of ether oxygens (including phenoxy) is 1. The van der Waals surface area contributed by atoms with Gasteiger partial charge in [0.25, 0.3) is 5.56 Å². The topological polar surface area (TPSA) is 76.6 Å². The summed E-state index contributed by atoms with van der Waals surface area (Å²) in [6.07, 6.45) is 0.926. The van der Waals surface area contributed by atoms with Crippen molar-refractivity contribution in [3.63, 3.8) is 0 Å². The number of rotatable bonds is 5. The molecular formula is C17H20IN3O4. The molecule has 25 heavy (non-hydrogen) atoms. The molecule has 2 aromatic rings. The van der Waals surface area contributed by atoms with Crippen LogP contribution in [0.5, 0.6) is 0 Å². The molecule has 0 spiro atoms. The molecular weight excluding hydrogens is 437 g/mol. The average Bonchev–Trinajstić information content (AvgIpc) is 2.59. The van der Waals surface area contributed by atoms with Crippen LogP contribution in [0.1, 0.15) is 17.4 Å². The number of halogens is 1. The Kier molecular flexibility index (Phi) is 6.05. The number of benzene rings is 1. The fraction of sp³-hybridized carbons (Fsp3) is 0.412. The molecule has 134 valence electrons. The van der Waals surface area contributed by atoms with Crippen LogP contribution in [0.25, 0.3) is 0 Å². The van der Waals surface area contributed by atoms with Crippen LogP contribution in [0.15, 0.2) is 46.1 Å². The molecule has 7 nitrogen and oxygen atoms in total. The highest BCUT2D eigenvalue weighted by molar-refractivity contribution is 14.1. The van der Waals surface area contributed by atoms with Crippen molar-refractivity contribution in [2.45, 2.75) is 25.8 Å². The molecule has 1 aromatic heterocycles. The first-order valence-electron chi connectivity index (χ1n) is 8.04. The number of nitrogens with zero attached hydrogens (tertiary/aromatic N) is 2. The molecule has 0 bridgehead atoms. The fourth-order valence-corrected chi connectivity index (χ4v) is 3.38. The van der Waals surface area contributed by atoms with Crippen molar-refractivity contribution in [3.05, 3.63) is 68.5 Å². The van der Waals surface area contributed by atoms with Crippen molar-refractivity contribution >= 4 is 23.0 Å². The normalized spacial score (nSPS) is 21.4. The van der Waals surface area contributed by atoms with E-state index in [0.717, 1.165) is 6.54 Å². The van der Waals surface area contributed by atoms with Gasteiger partial charge in [-0.15, -0.1) is 0 Å². The van der Waals surface area contributed by atoms with Gasteiger partial charge in [0.2, 0.25) is 0 Å². The SMILES string of the molecule is Cc1cn([C@H]2CN(Cc3ccccc3)C[C@@H](COI)O2)c(=O)[nH]c1=O. The summed E-state index contributed by atoms with van der Waals surface area (Å²) in [6, 6.07) is 10.2. The number of hydrogen-bond acceptors (Lipinski definition) is 5. The Morgan fingerprint density at radius 1 is 1.28 bits per heavy atom. The monoisotopic (exact) mass is 457 g/mol. The van der Waals surface area contributed by atoms with Gasteiger partial charge < -0.3 is 7.80 Å². The van der Waals surface area contributed by atoms with E-state index in [2.05, 4.69) is 22.0 Å². The number of morpholine rings is 1. The number of aryl methyl sites for hydroxylation is 1. The Bertz CT molecular complexity index is 821. The van der Waals surface area contributed by atoms with Gasteiger partial charge in [-0.05, 0) is 12.5 Å². The van der Waals surface area contributed by atoms with Crippen molar-refractivity contribution in [3.8, 4) is 0 Å². The van der Waals surface area contributed by atoms with Crippen LogP contribution >= 0.6 is 23.0 Å². The lowest BCUT2D eigenvalue weighted by atomic mass is 10.2. The van der Waals surface area contributed by atoms with Crippen LogP contribution in [0.4, 0.5) is 0 Å². The number of H-pyrrole nitrogens is 1. The Labute approximate surface area is 159 Å². The Morgan fingerprint density at radius 3 is 2.76 bits per heavy atom. The lowest BCUT2D eigenvalue weighted by molar-refractivity contribution is -0.132. The molecule has 2 atom stereocenters. The second kappa shape index (κ2) is 8.26. The molecule has 2 heterocycles. The molecule has 0 aliphatic carbocycles. The largest absolute Gasteiger partial charge is 0.349 e. The maximum atomic E-state index is 12.2. The molecule has 1 aliphatic heterocycles. The van der Waals surface area contributed by atoms with E-state index in [4.69, 9.17) is 7.80 Å². The van der Waals surface area contributed by atoms with Gasteiger partial charge in [0.15, 0.2) is 6.23 Å². The third kappa shape index (κ3) is 4.57. The lowest BCUT2D eigenvalue weighted by Gasteiger charge is -2.38. The minimum absolute atomic E-state index is 0.154. The van der Waals surface area contributed by atoms with Gasteiger partial charge in [-0.2, -0.15) is 0 Å². The summed E-state index contributed by atoms with van der Waals surface area (Å²) < 4.78 is 12.7. The van der Waals surface area contributed by atoms with Crippen molar-refractivity contribution in [2.24, 2.45) is 0 Å². The van der Waals surface area contributed by atoms with Crippen molar-refractivity contribution in [2.75, 3.05) is 19.7 Å². The van der Waals surface area contributed by atoms with Crippen molar-refractivity contribution < 1.29 is 7.80 Å². The molecule has 1 N–H and O–H groups in total. The van der Waals surface area contributed by atoms with Crippen LogP contribution in [-0.2, 0) is 14.3 Å².